The Morgan fingerprint density at radius 1 is 1.18 bits per heavy atom. The summed E-state index contributed by atoms with van der Waals surface area (Å²) in [6.45, 7) is 3.68. The molecule has 0 bridgehead atoms. The van der Waals surface area contributed by atoms with E-state index in [1.54, 1.807) is 30.3 Å². The number of furan rings is 1. The van der Waals surface area contributed by atoms with E-state index in [2.05, 4.69) is 49.0 Å². The van der Waals surface area contributed by atoms with Gasteiger partial charge >= 0.3 is 5.97 Å². The average molecular weight is 623 g/mol. The third-order valence-electron chi connectivity index (χ3n) is 4.27. The molecular weight excluding hydrogens is 603 g/mol. The quantitative estimate of drug-likeness (QED) is 0.0906. The Balaban J connectivity index is 1.59. The van der Waals surface area contributed by atoms with Crippen molar-refractivity contribution in [1.29, 1.82) is 0 Å². The number of amides is 1. The number of nitrogens with zero attached hydrogens (tertiary/aromatic N) is 1. The molecule has 2 aromatic carbocycles. The summed E-state index contributed by atoms with van der Waals surface area (Å²) in [4.78, 5) is 24.3. The number of carbonyl (C=O) groups is 2. The minimum Gasteiger partial charge on any atom is -0.483 e. The Morgan fingerprint density at radius 3 is 2.64 bits per heavy atom. The van der Waals surface area contributed by atoms with Gasteiger partial charge in [0, 0.05) is 19.7 Å². The number of benzene rings is 2. The summed E-state index contributed by atoms with van der Waals surface area (Å²) < 4.78 is 18.0. The van der Waals surface area contributed by atoms with Gasteiger partial charge in [0.25, 0.3) is 5.91 Å². The van der Waals surface area contributed by atoms with Crippen LogP contribution in [0.4, 0.5) is 0 Å². The van der Waals surface area contributed by atoms with Gasteiger partial charge in [-0.3, -0.25) is 4.79 Å². The van der Waals surface area contributed by atoms with Gasteiger partial charge in [-0.2, -0.15) is 5.10 Å². The van der Waals surface area contributed by atoms with Crippen LogP contribution in [0.2, 0.25) is 0 Å². The maximum Gasteiger partial charge on any atom is 0.336 e. The molecule has 0 saturated carbocycles. The molecular formula is C24H20BrIN2O5. The molecule has 1 heterocycles. The molecule has 3 aromatic rings. The molecule has 33 heavy (non-hydrogen) atoms. The summed E-state index contributed by atoms with van der Waals surface area (Å²) in [6, 6.07) is 12.5. The van der Waals surface area contributed by atoms with Crippen molar-refractivity contribution >= 4 is 62.7 Å². The monoisotopic (exact) mass is 622 g/mol. The average Bonchev–Trinajstić information content (AvgIpc) is 3.27. The molecule has 1 N–H and O–H groups in total. The van der Waals surface area contributed by atoms with E-state index in [1.165, 1.54) is 24.6 Å². The summed E-state index contributed by atoms with van der Waals surface area (Å²) in [7, 11) is 0. The van der Waals surface area contributed by atoms with E-state index in [0.717, 1.165) is 19.2 Å². The molecule has 7 nitrogen and oxygen atoms in total. The molecule has 0 unspecified atom stereocenters. The second-order valence-electron chi connectivity index (χ2n) is 6.90. The number of esters is 1. The first-order chi connectivity index (χ1) is 15.8. The molecule has 0 aliphatic rings. The lowest BCUT2D eigenvalue weighted by molar-refractivity contribution is -0.129. The molecule has 0 aliphatic heterocycles. The van der Waals surface area contributed by atoms with Gasteiger partial charge in [0.15, 0.2) is 6.61 Å². The largest absolute Gasteiger partial charge is 0.483 e. The Bertz CT molecular complexity index is 1180. The van der Waals surface area contributed by atoms with E-state index in [9.17, 15) is 9.59 Å². The van der Waals surface area contributed by atoms with E-state index in [-0.39, 0.29) is 12.4 Å². The highest BCUT2D eigenvalue weighted by molar-refractivity contribution is 14.1. The van der Waals surface area contributed by atoms with Crippen LogP contribution in [0.5, 0.6) is 11.5 Å². The number of aryl methyl sites for hydroxylation is 2. The minimum absolute atomic E-state index is 0.183. The highest BCUT2D eigenvalue weighted by Gasteiger charge is 2.10. The molecule has 0 fully saturated rings. The van der Waals surface area contributed by atoms with Crippen molar-refractivity contribution in [3.63, 3.8) is 0 Å². The van der Waals surface area contributed by atoms with E-state index in [1.807, 2.05) is 26.0 Å². The van der Waals surface area contributed by atoms with Crippen molar-refractivity contribution in [2.45, 2.75) is 13.8 Å². The summed E-state index contributed by atoms with van der Waals surface area (Å²) in [5.74, 6) is 0.498. The van der Waals surface area contributed by atoms with E-state index in [4.69, 9.17) is 13.9 Å². The van der Waals surface area contributed by atoms with Crippen LogP contribution in [0.1, 0.15) is 22.5 Å². The van der Waals surface area contributed by atoms with Crippen molar-refractivity contribution in [3.8, 4) is 11.5 Å². The second-order valence-corrected chi connectivity index (χ2v) is 9.06. The molecule has 0 saturated heterocycles. The zero-order chi connectivity index (χ0) is 23.8. The highest BCUT2D eigenvalue weighted by Crippen LogP contribution is 2.25. The lowest BCUT2D eigenvalue weighted by Gasteiger charge is -2.12. The first kappa shape index (κ1) is 24.7. The van der Waals surface area contributed by atoms with E-state index in [0.29, 0.717) is 17.1 Å². The summed E-state index contributed by atoms with van der Waals surface area (Å²) in [5, 5.41) is 3.96. The smallest absolute Gasteiger partial charge is 0.336 e. The molecule has 0 aliphatic carbocycles. The topological polar surface area (TPSA) is 90.1 Å². The van der Waals surface area contributed by atoms with E-state index < -0.39 is 11.9 Å². The van der Waals surface area contributed by atoms with Gasteiger partial charge in [-0.1, -0.05) is 15.9 Å². The third-order valence-corrected chi connectivity index (χ3v) is 5.39. The van der Waals surface area contributed by atoms with Crippen molar-refractivity contribution in [2.75, 3.05) is 6.61 Å². The Labute approximate surface area is 213 Å². The molecule has 1 aromatic heterocycles. The molecule has 1 amide bonds. The van der Waals surface area contributed by atoms with Gasteiger partial charge in [0.2, 0.25) is 0 Å². The molecule has 0 atom stereocenters. The van der Waals surface area contributed by atoms with Crippen LogP contribution in [0.3, 0.4) is 0 Å². The minimum atomic E-state index is -0.580. The van der Waals surface area contributed by atoms with Crippen LogP contribution in [-0.2, 0) is 9.59 Å². The number of carbonyl (C=O) groups excluding carboxylic acids is 2. The number of hydrogen-bond donors (Lipinski definition) is 1. The van der Waals surface area contributed by atoms with Crippen LogP contribution < -0.4 is 14.9 Å². The zero-order valence-electron chi connectivity index (χ0n) is 17.8. The van der Waals surface area contributed by atoms with Gasteiger partial charge in [-0.25, -0.2) is 10.2 Å². The second kappa shape index (κ2) is 11.8. The highest BCUT2D eigenvalue weighted by atomic mass is 127. The number of halogens is 2. The lowest BCUT2D eigenvalue weighted by Crippen LogP contribution is -2.25. The molecule has 170 valence electrons. The van der Waals surface area contributed by atoms with Gasteiger partial charge in [-0.05, 0) is 96.1 Å². The predicted molar refractivity (Wildman–Crippen MR) is 137 cm³/mol. The van der Waals surface area contributed by atoms with Crippen molar-refractivity contribution in [1.82, 2.24) is 5.43 Å². The predicted octanol–water partition coefficient (Wildman–Crippen LogP) is 5.41. The Hall–Kier alpha value is -2.92. The van der Waals surface area contributed by atoms with Crippen molar-refractivity contribution < 1.29 is 23.5 Å². The van der Waals surface area contributed by atoms with Crippen LogP contribution in [0, 0.1) is 17.4 Å². The fraction of sp³-hybridized carbons (Fsp3) is 0.125. The lowest BCUT2D eigenvalue weighted by atomic mass is 10.1. The normalized spacial score (nSPS) is 11.2. The molecule has 0 spiro atoms. The maximum atomic E-state index is 12.2. The first-order valence-corrected chi connectivity index (χ1v) is 11.6. The van der Waals surface area contributed by atoms with Crippen LogP contribution in [0.15, 0.2) is 68.8 Å². The fourth-order valence-electron chi connectivity index (χ4n) is 2.86. The zero-order valence-corrected chi connectivity index (χ0v) is 21.5. The molecule has 0 radical (unpaired) electrons. The van der Waals surface area contributed by atoms with Gasteiger partial charge in [0.1, 0.15) is 17.3 Å². The standard InChI is InChI=1S/C24H20BrIN2O5/c1-15-10-19(26)11-16(2)24(15)32-14-22(29)28-27-13-17-12-18(25)5-7-21(17)33-23(30)8-6-20-4-3-9-31-20/h3-13H,14H2,1-2H3,(H,28,29)/b8-6+,27-13?. The van der Waals surface area contributed by atoms with Crippen LogP contribution >= 0.6 is 38.5 Å². The van der Waals surface area contributed by atoms with Gasteiger partial charge in [-0.15, -0.1) is 0 Å². The first-order valence-electron chi connectivity index (χ1n) is 9.76. The number of hydrogen-bond acceptors (Lipinski definition) is 6. The Kier molecular flexibility index (Phi) is 8.84. The Morgan fingerprint density at radius 2 is 1.94 bits per heavy atom. The van der Waals surface area contributed by atoms with Crippen molar-refractivity contribution in [3.05, 3.63) is 85.3 Å². The number of nitrogens with one attached hydrogen (secondary N) is 1. The SMILES string of the molecule is Cc1cc(I)cc(C)c1OCC(=O)NN=Cc1cc(Br)ccc1OC(=O)/C=C/c1ccco1. The van der Waals surface area contributed by atoms with Crippen molar-refractivity contribution in [2.24, 2.45) is 5.10 Å². The number of hydrazone groups is 1. The maximum absolute atomic E-state index is 12.2. The summed E-state index contributed by atoms with van der Waals surface area (Å²) in [5.41, 5.74) is 4.82. The summed E-state index contributed by atoms with van der Waals surface area (Å²) >= 11 is 5.61. The number of ether oxygens (including phenoxy) is 2. The van der Waals surface area contributed by atoms with Crippen LogP contribution in [0.25, 0.3) is 6.08 Å². The molecule has 3 rings (SSSR count). The third kappa shape index (κ3) is 7.57. The van der Waals surface area contributed by atoms with Crippen LogP contribution in [-0.4, -0.2) is 24.7 Å². The van der Waals surface area contributed by atoms with Gasteiger partial charge in [0.05, 0.1) is 12.5 Å². The summed E-state index contributed by atoms with van der Waals surface area (Å²) in [6.07, 6.45) is 5.67. The number of rotatable bonds is 8. The fourth-order valence-corrected chi connectivity index (χ4v) is 4.17. The van der Waals surface area contributed by atoms with E-state index >= 15 is 0 Å². The van der Waals surface area contributed by atoms with Gasteiger partial charge < -0.3 is 13.9 Å². The molecule has 9 heteroatoms.